The van der Waals surface area contributed by atoms with Crippen LogP contribution in [0.2, 0.25) is 0 Å². The molecule has 0 aliphatic heterocycles. The maximum atomic E-state index is 11.9. The van der Waals surface area contributed by atoms with E-state index in [1.165, 1.54) is 16.8 Å². The Morgan fingerprint density at radius 3 is 2.69 bits per heavy atom. The predicted molar refractivity (Wildman–Crippen MR) is 95.6 cm³/mol. The highest BCUT2D eigenvalue weighted by Gasteiger charge is 2.05. The summed E-state index contributed by atoms with van der Waals surface area (Å²) in [6.07, 6.45) is 5.13. The summed E-state index contributed by atoms with van der Waals surface area (Å²) in [6, 6.07) is 11.2. The number of nitrogens with zero attached hydrogens (tertiary/aromatic N) is 3. The molecule has 0 bridgehead atoms. The third-order valence-electron chi connectivity index (χ3n) is 3.84. The third-order valence-corrected chi connectivity index (χ3v) is 3.84. The van der Waals surface area contributed by atoms with E-state index in [4.69, 9.17) is 0 Å². The molecule has 8 heteroatoms. The van der Waals surface area contributed by atoms with Crippen LogP contribution in [0.1, 0.15) is 17.5 Å². The molecule has 0 saturated carbocycles. The van der Waals surface area contributed by atoms with E-state index in [1.807, 2.05) is 41.2 Å². The van der Waals surface area contributed by atoms with E-state index in [0.717, 1.165) is 11.1 Å². The maximum absolute atomic E-state index is 11.9. The van der Waals surface area contributed by atoms with Gasteiger partial charge in [-0.2, -0.15) is 5.10 Å². The Balaban J connectivity index is 1.47. The van der Waals surface area contributed by atoms with Crippen LogP contribution in [-0.4, -0.2) is 25.2 Å². The van der Waals surface area contributed by atoms with Gasteiger partial charge in [0, 0.05) is 43.5 Å². The molecule has 26 heavy (non-hydrogen) atoms. The fourth-order valence-electron chi connectivity index (χ4n) is 2.49. The highest BCUT2D eigenvalue weighted by molar-refractivity contribution is 5.75. The molecule has 2 heterocycles. The van der Waals surface area contributed by atoms with Crippen molar-refractivity contribution in [2.24, 2.45) is 0 Å². The molecule has 8 nitrogen and oxygen atoms in total. The average Bonchev–Trinajstić information content (AvgIpc) is 3.07. The number of aromatic amines is 1. The minimum absolute atomic E-state index is 0.143. The summed E-state index contributed by atoms with van der Waals surface area (Å²) in [5, 5.41) is 7.09. The van der Waals surface area contributed by atoms with Crippen LogP contribution in [-0.2, 0) is 24.4 Å². The monoisotopic (exact) mass is 353 g/mol. The van der Waals surface area contributed by atoms with Gasteiger partial charge in [0.1, 0.15) is 0 Å². The van der Waals surface area contributed by atoms with Gasteiger partial charge < -0.3 is 9.88 Å². The second-order valence-corrected chi connectivity index (χ2v) is 5.86. The number of H-pyrrole nitrogens is 1. The van der Waals surface area contributed by atoms with Crippen molar-refractivity contribution in [3.8, 4) is 0 Å². The van der Waals surface area contributed by atoms with Crippen LogP contribution in [0.15, 0.2) is 64.6 Å². The summed E-state index contributed by atoms with van der Waals surface area (Å²) in [7, 11) is 0. The highest BCUT2D eigenvalue weighted by atomic mass is 16.2. The molecule has 134 valence electrons. The largest absolute Gasteiger partial charge is 0.352 e. The van der Waals surface area contributed by atoms with E-state index in [1.54, 1.807) is 6.20 Å². The molecule has 0 unspecified atom stereocenters. The second-order valence-electron chi connectivity index (χ2n) is 5.86. The maximum Gasteiger partial charge on any atom is 0.328 e. The van der Waals surface area contributed by atoms with Crippen molar-refractivity contribution in [3.63, 3.8) is 0 Å². The van der Waals surface area contributed by atoms with E-state index < -0.39 is 11.2 Å². The summed E-state index contributed by atoms with van der Waals surface area (Å²) >= 11 is 0. The Kier molecular flexibility index (Phi) is 5.43. The SMILES string of the molecule is O=C(CCn1ccc(=O)[nH]c1=O)NCc1cnn(Cc2ccccc2)c1. The summed E-state index contributed by atoms with van der Waals surface area (Å²) in [5.74, 6) is -0.182. The van der Waals surface area contributed by atoms with Gasteiger partial charge in [-0.05, 0) is 5.56 Å². The zero-order chi connectivity index (χ0) is 18.4. The van der Waals surface area contributed by atoms with Crippen molar-refractivity contribution in [2.45, 2.75) is 26.1 Å². The molecule has 2 N–H and O–H groups in total. The van der Waals surface area contributed by atoms with E-state index in [-0.39, 0.29) is 18.9 Å². The number of hydrogen-bond acceptors (Lipinski definition) is 4. The molecule has 0 saturated heterocycles. The van der Waals surface area contributed by atoms with Crippen molar-refractivity contribution >= 4 is 5.91 Å². The Bertz CT molecular complexity index is 988. The van der Waals surface area contributed by atoms with Crippen LogP contribution in [0.5, 0.6) is 0 Å². The van der Waals surface area contributed by atoms with Gasteiger partial charge in [-0.1, -0.05) is 30.3 Å². The molecular weight excluding hydrogens is 334 g/mol. The summed E-state index contributed by atoms with van der Waals surface area (Å²) < 4.78 is 3.11. The van der Waals surface area contributed by atoms with Crippen molar-refractivity contribution in [3.05, 3.63) is 87.0 Å². The lowest BCUT2D eigenvalue weighted by atomic mass is 10.2. The molecule has 0 radical (unpaired) electrons. The quantitative estimate of drug-likeness (QED) is 0.645. The minimum Gasteiger partial charge on any atom is -0.352 e. The molecule has 0 aliphatic carbocycles. The molecule has 0 spiro atoms. The number of aromatic nitrogens is 4. The van der Waals surface area contributed by atoms with Gasteiger partial charge in [0.15, 0.2) is 0 Å². The zero-order valence-corrected chi connectivity index (χ0v) is 14.1. The number of carbonyl (C=O) groups is 1. The summed E-state index contributed by atoms with van der Waals surface area (Å²) in [5.41, 5.74) is 1.07. The Morgan fingerprint density at radius 1 is 1.12 bits per heavy atom. The Labute approximate surface area is 149 Å². The first-order valence-electron chi connectivity index (χ1n) is 8.22. The van der Waals surface area contributed by atoms with Crippen LogP contribution in [0.3, 0.4) is 0 Å². The fourth-order valence-corrected chi connectivity index (χ4v) is 2.49. The molecule has 0 atom stereocenters. The first kappa shape index (κ1) is 17.4. The van der Waals surface area contributed by atoms with Crippen LogP contribution < -0.4 is 16.6 Å². The number of benzene rings is 1. The lowest BCUT2D eigenvalue weighted by Crippen LogP contribution is -2.31. The molecular formula is C18H19N5O3. The standard InChI is InChI=1S/C18H19N5O3/c24-16(6-8-22-9-7-17(25)21-18(22)26)19-10-15-11-20-23(13-15)12-14-4-2-1-3-5-14/h1-5,7,9,11,13H,6,8,10,12H2,(H,19,24)(H,21,25,26). The third kappa shape index (κ3) is 4.79. The Morgan fingerprint density at radius 2 is 1.92 bits per heavy atom. The Hall–Kier alpha value is -3.42. The topological polar surface area (TPSA) is 102 Å². The molecule has 1 aromatic carbocycles. The number of carbonyl (C=O) groups excluding carboxylic acids is 1. The van der Waals surface area contributed by atoms with Crippen molar-refractivity contribution in [2.75, 3.05) is 0 Å². The van der Waals surface area contributed by atoms with E-state index >= 15 is 0 Å². The molecule has 3 aromatic rings. The first-order valence-corrected chi connectivity index (χ1v) is 8.22. The molecule has 2 aromatic heterocycles. The molecule has 1 amide bonds. The number of nitrogens with one attached hydrogen (secondary N) is 2. The second kappa shape index (κ2) is 8.11. The fraction of sp³-hybridized carbons (Fsp3) is 0.222. The first-order chi connectivity index (χ1) is 12.6. The highest BCUT2D eigenvalue weighted by Crippen LogP contribution is 2.04. The van der Waals surface area contributed by atoms with Gasteiger partial charge in [-0.25, -0.2) is 4.79 Å². The van der Waals surface area contributed by atoms with Crippen molar-refractivity contribution in [1.82, 2.24) is 24.6 Å². The average molecular weight is 353 g/mol. The van der Waals surface area contributed by atoms with Crippen LogP contribution in [0.25, 0.3) is 0 Å². The normalized spacial score (nSPS) is 10.6. The summed E-state index contributed by atoms with van der Waals surface area (Å²) in [6.45, 7) is 1.24. The van der Waals surface area contributed by atoms with E-state index in [0.29, 0.717) is 13.1 Å². The predicted octanol–water partition coefficient (Wildman–Crippen LogP) is 0.488. The van der Waals surface area contributed by atoms with Crippen LogP contribution in [0, 0.1) is 0 Å². The molecule has 3 rings (SSSR count). The van der Waals surface area contributed by atoms with Crippen molar-refractivity contribution in [1.29, 1.82) is 0 Å². The van der Waals surface area contributed by atoms with Gasteiger partial charge in [0.2, 0.25) is 5.91 Å². The zero-order valence-electron chi connectivity index (χ0n) is 14.1. The molecule has 0 aliphatic rings. The lowest BCUT2D eigenvalue weighted by Gasteiger charge is -2.05. The number of aryl methyl sites for hydroxylation is 1. The number of rotatable bonds is 7. The summed E-state index contributed by atoms with van der Waals surface area (Å²) in [4.78, 5) is 36.6. The van der Waals surface area contributed by atoms with Gasteiger partial charge in [0.05, 0.1) is 12.7 Å². The van der Waals surface area contributed by atoms with Gasteiger partial charge in [0.25, 0.3) is 5.56 Å². The van der Waals surface area contributed by atoms with E-state index in [2.05, 4.69) is 15.4 Å². The van der Waals surface area contributed by atoms with E-state index in [9.17, 15) is 14.4 Å². The smallest absolute Gasteiger partial charge is 0.328 e. The van der Waals surface area contributed by atoms with Crippen LogP contribution >= 0.6 is 0 Å². The van der Waals surface area contributed by atoms with Gasteiger partial charge in [-0.3, -0.25) is 19.3 Å². The minimum atomic E-state index is -0.521. The number of hydrogen-bond donors (Lipinski definition) is 2. The van der Waals surface area contributed by atoms with Gasteiger partial charge in [-0.15, -0.1) is 0 Å². The number of amides is 1. The van der Waals surface area contributed by atoms with Gasteiger partial charge >= 0.3 is 5.69 Å². The van der Waals surface area contributed by atoms with Crippen LogP contribution in [0.4, 0.5) is 0 Å². The lowest BCUT2D eigenvalue weighted by molar-refractivity contribution is -0.121. The molecule has 0 fully saturated rings. The van der Waals surface area contributed by atoms with Crippen molar-refractivity contribution < 1.29 is 4.79 Å².